The highest BCUT2D eigenvalue weighted by Crippen LogP contribution is 2.26. The molecule has 0 spiro atoms. The standard InChI is InChI=1S/C21H14N6O3S/c22-18(28)17-19-24-13(16-7-4-8-30-16)9-15(27(19)11-23-17)20(29)26-21-25-14(10-31-21)12-5-2-1-3-6-12/h1-11H,(H2,22,28)(H,25,26,29). The zero-order valence-electron chi connectivity index (χ0n) is 15.9. The van der Waals surface area contributed by atoms with Gasteiger partial charge in [-0.05, 0) is 18.2 Å². The van der Waals surface area contributed by atoms with Crippen LogP contribution in [0.4, 0.5) is 5.13 Å². The molecule has 152 valence electrons. The first-order valence-corrected chi connectivity index (χ1v) is 10.0. The average molecular weight is 430 g/mol. The van der Waals surface area contributed by atoms with Crippen LogP contribution in [0.15, 0.2) is 70.9 Å². The van der Waals surface area contributed by atoms with Crippen LogP contribution in [0.2, 0.25) is 0 Å². The smallest absolute Gasteiger partial charge is 0.274 e. The van der Waals surface area contributed by atoms with E-state index in [1.54, 1.807) is 18.2 Å². The number of nitrogens with one attached hydrogen (secondary N) is 1. The molecule has 0 unspecified atom stereocenters. The molecule has 0 saturated carbocycles. The van der Waals surface area contributed by atoms with E-state index in [0.29, 0.717) is 16.6 Å². The van der Waals surface area contributed by atoms with Crippen LogP contribution >= 0.6 is 11.3 Å². The average Bonchev–Trinajstić information content (AvgIpc) is 3.53. The van der Waals surface area contributed by atoms with E-state index < -0.39 is 11.8 Å². The highest BCUT2D eigenvalue weighted by atomic mass is 32.1. The van der Waals surface area contributed by atoms with Crippen molar-refractivity contribution >= 4 is 33.9 Å². The highest BCUT2D eigenvalue weighted by Gasteiger charge is 2.21. The van der Waals surface area contributed by atoms with Gasteiger partial charge in [0.2, 0.25) is 0 Å². The molecule has 0 atom stereocenters. The number of aromatic nitrogens is 4. The Morgan fingerprint density at radius 3 is 2.65 bits per heavy atom. The molecule has 0 aliphatic carbocycles. The molecule has 5 aromatic rings. The van der Waals surface area contributed by atoms with Gasteiger partial charge in [-0.2, -0.15) is 0 Å². The van der Waals surface area contributed by atoms with Crippen molar-refractivity contribution in [3.8, 4) is 22.7 Å². The fourth-order valence-corrected chi connectivity index (χ4v) is 3.82. The van der Waals surface area contributed by atoms with Crippen LogP contribution < -0.4 is 11.1 Å². The minimum Gasteiger partial charge on any atom is -0.463 e. The summed E-state index contributed by atoms with van der Waals surface area (Å²) in [4.78, 5) is 37.8. The number of hydrogen-bond acceptors (Lipinski definition) is 7. The van der Waals surface area contributed by atoms with Crippen LogP contribution in [0.5, 0.6) is 0 Å². The number of nitrogens with two attached hydrogens (primary N) is 1. The zero-order chi connectivity index (χ0) is 21.4. The van der Waals surface area contributed by atoms with Crippen molar-refractivity contribution in [1.82, 2.24) is 19.4 Å². The third kappa shape index (κ3) is 3.45. The molecule has 0 aliphatic heterocycles. The molecule has 9 nitrogen and oxygen atoms in total. The maximum absolute atomic E-state index is 13.1. The van der Waals surface area contributed by atoms with Crippen molar-refractivity contribution in [3.63, 3.8) is 0 Å². The Bertz CT molecular complexity index is 1410. The van der Waals surface area contributed by atoms with Crippen LogP contribution in [-0.4, -0.2) is 31.2 Å². The normalized spacial score (nSPS) is 11.0. The molecule has 3 N–H and O–H groups in total. The number of anilines is 1. The number of rotatable bonds is 5. The predicted molar refractivity (Wildman–Crippen MR) is 115 cm³/mol. The summed E-state index contributed by atoms with van der Waals surface area (Å²) in [5, 5.41) is 5.10. The Morgan fingerprint density at radius 2 is 1.90 bits per heavy atom. The molecular weight excluding hydrogens is 416 g/mol. The lowest BCUT2D eigenvalue weighted by molar-refractivity contribution is 0.0993. The number of carbonyl (C=O) groups excluding carboxylic acids is 2. The van der Waals surface area contributed by atoms with Gasteiger partial charge < -0.3 is 10.2 Å². The van der Waals surface area contributed by atoms with E-state index in [9.17, 15) is 9.59 Å². The molecule has 10 heteroatoms. The fourth-order valence-electron chi connectivity index (χ4n) is 3.10. The lowest BCUT2D eigenvalue weighted by Crippen LogP contribution is -2.17. The minimum atomic E-state index is -0.745. The summed E-state index contributed by atoms with van der Waals surface area (Å²) in [5.41, 5.74) is 7.82. The molecule has 4 heterocycles. The van der Waals surface area contributed by atoms with Gasteiger partial charge in [0, 0.05) is 10.9 Å². The van der Waals surface area contributed by atoms with Gasteiger partial charge >= 0.3 is 0 Å². The quantitative estimate of drug-likeness (QED) is 0.439. The maximum atomic E-state index is 13.1. The second kappa shape index (κ2) is 7.50. The Morgan fingerprint density at radius 1 is 1.06 bits per heavy atom. The highest BCUT2D eigenvalue weighted by molar-refractivity contribution is 7.14. The summed E-state index contributed by atoms with van der Waals surface area (Å²) in [6.45, 7) is 0. The number of imidazole rings is 1. The Balaban J connectivity index is 1.54. The summed E-state index contributed by atoms with van der Waals surface area (Å²) in [6.07, 6.45) is 2.83. The van der Waals surface area contributed by atoms with E-state index in [1.807, 2.05) is 35.7 Å². The molecule has 0 aliphatic rings. The number of carbonyl (C=O) groups is 2. The van der Waals surface area contributed by atoms with Crippen molar-refractivity contribution in [2.75, 3.05) is 5.32 Å². The first kappa shape index (κ1) is 18.7. The number of hydrogen-bond donors (Lipinski definition) is 2. The molecule has 5 rings (SSSR count). The molecule has 0 radical (unpaired) electrons. The summed E-state index contributed by atoms with van der Waals surface area (Å²) >= 11 is 1.31. The summed E-state index contributed by atoms with van der Waals surface area (Å²) in [5.74, 6) is -0.748. The monoisotopic (exact) mass is 430 g/mol. The van der Waals surface area contributed by atoms with Crippen LogP contribution in [-0.2, 0) is 0 Å². The van der Waals surface area contributed by atoms with Crippen molar-refractivity contribution in [2.24, 2.45) is 5.73 Å². The number of benzene rings is 1. The largest absolute Gasteiger partial charge is 0.463 e. The van der Waals surface area contributed by atoms with Crippen LogP contribution in [0.25, 0.3) is 28.4 Å². The SMILES string of the molecule is NC(=O)c1ncn2c(C(=O)Nc3nc(-c4ccccc4)cs3)cc(-c3ccco3)nc12. The molecule has 2 amide bonds. The first-order chi connectivity index (χ1) is 15.1. The number of nitrogens with zero attached hydrogens (tertiary/aromatic N) is 4. The topological polar surface area (TPSA) is 128 Å². The number of furan rings is 1. The van der Waals surface area contributed by atoms with Crippen LogP contribution in [0.1, 0.15) is 21.0 Å². The van der Waals surface area contributed by atoms with Crippen molar-refractivity contribution in [2.45, 2.75) is 0 Å². The van der Waals surface area contributed by atoms with Gasteiger partial charge in [0.15, 0.2) is 22.2 Å². The van der Waals surface area contributed by atoms with Crippen molar-refractivity contribution in [3.05, 3.63) is 77.9 Å². The van der Waals surface area contributed by atoms with Gasteiger partial charge in [-0.1, -0.05) is 30.3 Å². The van der Waals surface area contributed by atoms with E-state index in [1.165, 1.54) is 28.3 Å². The van der Waals surface area contributed by atoms with Gasteiger partial charge in [0.1, 0.15) is 17.7 Å². The van der Waals surface area contributed by atoms with Gasteiger partial charge in [0.25, 0.3) is 11.8 Å². The lowest BCUT2D eigenvalue weighted by atomic mass is 10.2. The molecule has 1 aromatic carbocycles. The second-order valence-corrected chi connectivity index (χ2v) is 7.37. The van der Waals surface area contributed by atoms with Gasteiger partial charge in [-0.15, -0.1) is 11.3 Å². The van der Waals surface area contributed by atoms with Crippen molar-refractivity contribution in [1.29, 1.82) is 0 Å². The Labute approximate surface area is 179 Å². The second-order valence-electron chi connectivity index (χ2n) is 6.51. The molecule has 31 heavy (non-hydrogen) atoms. The van der Waals surface area contributed by atoms with Gasteiger partial charge in [-0.3, -0.25) is 19.3 Å². The van der Waals surface area contributed by atoms with E-state index in [2.05, 4.69) is 20.3 Å². The number of thiazole rings is 1. The molecular formula is C21H14N6O3S. The molecule has 4 aromatic heterocycles. The van der Waals surface area contributed by atoms with Gasteiger partial charge in [-0.25, -0.2) is 15.0 Å². The Hall–Kier alpha value is -4.31. The lowest BCUT2D eigenvalue weighted by Gasteiger charge is -2.07. The summed E-state index contributed by atoms with van der Waals surface area (Å²) in [6, 6.07) is 14.6. The summed E-state index contributed by atoms with van der Waals surface area (Å²) in [7, 11) is 0. The molecule has 0 saturated heterocycles. The Kier molecular flexibility index (Phi) is 4.53. The van der Waals surface area contributed by atoms with Crippen molar-refractivity contribution < 1.29 is 14.0 Å². The maximum Gasteiger partial charge on any atom is 0.274 e. The third-order valence-electron chi connectivity index (χ3n) is 4.54. The fraction of sp³-hybridized carbons (Fsp3) is 0. The number of amides is 2. The first-order valence-electron chi connectivity index (χ1n) is 9.14. The summed E-state index contributed by atoms with van der Waals surface area (Å²) < 4.78 is 6.81. The third-order valence-corrected chi connectivity index (χ3v) is 5.29. The van der Waals surface area contributed by atoms with E-state index >= 15 is 0 Å². The molecule has 0 bridgehead atoms. The van der Waals surface area contributed by atoms with Gasteiger partial charge in [0.05, 0.1) is 12.0 Å². The van der Waals surface area contributed by atoms with E-state index in [4.69, 9.17) is 10.2 Å². The number of primary amides is 1. The van der Waals surface area contributed by atoms with E-state index in [-0.39, 0.29) is 17.0 Å². The minimum absolute atomic E-state index is 0.0388. The van der Waals surface area contributed by atoms with E-state index in [0.717, 1.165) is 11.3 Å². The zero-order valence-corrected chi connectivity index (χ0v) is 16.7. The predicted octanol–water partition coefficient (Wildman–Crippen LogP) is 3.46. The number of fused-ring (bicyclic) bond motifs is 1. The van der Waals surface area contributed by atoms with Crippen LogP contribution in [0.3, 0.4) is 0 Å². The van der Waals surface area contributed by atoms with Crippen LogP contribution in [0, 0.1) is 0 Å². The molecule has 0 fully saturated rings.